The second kappa shape index (κ2) is 8.44. The minimum atomic E-state index is -0.463. The second-order valence-electron chi connectivity index (χ2n) is 7.41. The van der Waals surface area contributed by atoms with Gasteiger partial charge in [-0.3, -0.25) is 5.10 Å². The third-order valence-electron chi connectivity index (χ3n) is 4.96. The minimum absolute atomic E-state index is 0.00325. The van der Waals surface area contributed by atoms with E-state index in [0.717, 1.165) is 22.4 Å². The Morgan fingerprint density at radius 3 is 2.65 bits per heavy atom. The minimum Gasteiger partial charge on any atom is -0.490 e. The normalized spacial score (nSPS) is 15.3. The summed E-state index contributed by atoms with van der Waals surface area (Å²) in [4.78, 5) is 0. The quantitative estimate of drug-likeness (QED) is 0.614. The van der Waals surface area contributed by atoms with E-state index in [1.165, 1.54) is 0 Å². The maximum Gasteiger partial charge on any atom is 0.244 e. The molecule has 0 fully saturated rings. The fourth-order valence-corrected chi connectivity index (χ4v) is 3.73. The van der Waals surface area contributed by atoms with E-state index in [2.05, 4.69) is 16.3 Å². The van der Waals surface area contributed by atoms with Gasteiger partial charge in [0.1, 0.15) is 11.6 Å². The molecule has 3 aromatic rings. The van der Waals surface area contributed by atoms with Crippen LogP contribution in [0.5, 0.6) is 17.4 Å². The highest BCUT2D eigenvalue weighted by Crippen LogP contribution is 2.47. The summed E-state index contributed by atoms with van der Waals surface area (Å²) in [6, 6.07) is 17.7. The van der Waals surface area contributed by atoms with E-state index in [0.29, 0.717) is 29.6 Å². The van der Waals surface area contributed by atoms with Crippen molar-refractivity contribution >= 4 is 0 Å². The van der Waals surface area contributed by atoms with Crippen LogP contribution in [-0.4, -0.2) is 22.9 Å². The van der Waals surface area contributed by atoms with Gasteiger partial charge in [-0.25, -0.2) is 0 Å². The Hall–Kier alpha value is -3.92. The molecule has 31 heavy (non-hydrogen) atoms. The van der Waals surface area contributed by atoms with Gasteiger partial charge in [0.25, 0.3) is 0 Å². The molecule has 0 amide bonds. The van der Waals surface area contributed by atoms with Gasteiger partial charge in [-0.1, -0.05) is 36.4 Å². The lowest BCUT2D eigenvalue weighted by Crippen LogP contribution is -2.21. The van der Waals surface area contributed by atoms with E-state index in [1.54, 1.807) is 0 Å². The molecule has 1 aliphatic heterocycles. The topological polar surface area (TPSA) is 106 Å². The lowest BCUT2D eigenvalue weighted by atomic mass is 9.83. The van der Waals surface area contributed by atoms with Crippen molar-refractivity contribution in [1.29, 1.82) is 5.26 Å². The van der Waals surface area contributed by atoms with Crippen LogP contribution in [0.1, 0.15) is 37.8 Å². The highest BCUT2D eigenvalue weighted by molar-refractivity contribution is 5.71. The van der Waals surface area contributed by atoms with Crippen molar-refractivity contribution in [2.75, 3.05) is 6.61 Å². The number of hydrogen-bond acceptors (Lipinski definition) is 6. The zero-order valence-corrected chi connectivity index (χ0v) is 17.7. The van der Waals surface area contributed by atoms with E-state index in [4.69, 9.17) is 19.9 Å². The number of aromatic nitrogens is 2. The molecule has 1 atom stereocenters. The molecule has 158 valence electrons. The largest absolute Gasteiger partial charge is 0.490 e. The van der Waals surface area contributed by atoms with Gasteiger partial charge < -0.3 is 19.9 Å². The van der Waals surface area contributed by atoms with Gasteiger partial charge in [0.15, 0.2) is 11.5 Å². The van der Waals surface area contributed by atoms with Crippen molar-refractivity contribution in [3.63, 3.8) is 0 Å². The molecular formula is C24H24N4O3. The van der Waals surface area contributed by atoms with E-state index in [1.807, 2.05) is 69.3 Å². The predicted molar refractivity (Wildman–Crippen MR) is 117 cm³/mol. The highest BCUT2D eigenvalue weighted by atomic mass is 16.5. The van der Waals surface area contributed by atoms with Gasteiger partial charge in [0.05, 0.1) is 29.9 Å². The molecule has 1 aliphatic rings. The van der Waals surface area contributed by atoms with Crippen molar-refractivity contribution < 1.29 is 14.2 Å². The van der Waals surface area contributed by atoms with Gasteiger partial charge >= 0.3 is 0 Å². The number of allylic oxidation sites excluding steroid dienone is 1. The monoisotopic (exact) mass is 416 g/mol. The molecule has 3 N–H and O–H groups in total. The first-order valence-corrected chi connectivity index (χ1v) is 10.2. The van der Waals surface area contributed by atoms with E-state index >= 15 is 0 Å². The number of rotatable bonds is 6. The number of ether oxygens (including phenoxy) is 3. The molecule has 0 saturated carbocycles. The van der Waals surface area contributed by atoms with Crippen LogP contribution >= 0.6 is 0 Å². The highest BCUT2D eigenvalue weighted by Gasteiger charge is 2.36. The molecule has 2 heterocycles. The molecule has 0 saturated heterocycles. The van der Waals surface area contributed by atoms with Crippen molar-refractivity contribution in [2.45, 2.75) is 32.8 Å². The first kappa shape index (κ1) is 20.4. The Bertz CT molecular complexity index is 1160. The number of H-pyrrole nitrogens is 1. The van der Waals surface area contributed by atoms with Crippen molar-refractivity contribution in [1.82, 2.24) is 10.2 Å². The van der Waals surface area contributed by atoms with Gasteiger partial charge in [0, 0.05) is 0 Å². The van der Waals surface area contributed by atoms with Gasteiger partial charge in [-0.2, -0.15) is 5.26 Å². The zero-order chi connectivity index (χ0) is 22.0. The van der Waals surface area contributed by atoms with Crippen LogP contribution in [0.2, 0.25) is 0 Å². The first-order chi connectivity index (χ1) is 15.0. The summed E-state index contributed by atoms with van der Waals surface area (Å²) >= 11 is 0. The summed E-state index contributed by atoms with van der Waals surface area (Å²) in [6.45, 7) is 6.33. The average molecular weight is 416 g/mol. The molecule has 7 heteroatoms. The number of nitrogens with zero attached hydrogens (tertiary/aromatic N) is 2. The molecule has 0 aliphatic carbocycles. The first-order valence-electron chi connectivity index (χ1n) is 10.2. The third kappa shape index (κ3) is 3.80. The standard InChI is InChI=1S/C24H24N4O3/c1-4-29-19-12-16(10-11-18(19)30-14(2)3)20-17(13-25)23(26)31-24-21(20)22(27-28-24)15-8-6-5-7-9-15/h5-12,14,20H,4,26H2,1-3H3,(H,27,28)/t20-/m1/s1. The van der Waals surface area contributed by atoms with Gasteiger partial charge in [-0.05, 0) is 44.0 Å². The summed E-state index contributed by atoms with van der Waals surface area (Å²) in [5, 5.41) is 17.3. The second-order valence-corrected chi connectivity index (χ2v) is 7.41. The summed E-state index contributed by atoms with van der Waals surface area (Å²) < 4.78 is 17.4. The fourth-order valence-electron chi connectivity index (χ4n) is 3.73. The lowest BCUT2D eigenvalue weighted by molar-refractivity contribution is 0.223. The van der Waals surface area contributed by atoms with Crippen LogP contribution in [0.4, 0.5) is 0 Å². The van der Waals surface area contributed by atoms with Crippen LogP contribution in [0.15, 0.2) is 60.0 Å². The van der Waals surface area contributed by atoms with Crippen LogP contribution in [0, 0.1) is 11.3 Å². The lowest BCUT2D eigenvalue weighted by Gasteiger charge is -2.25. The molecule has 0 bridgehead atoms. The molecule has 2 aromatic carbocycles. The van der Waals surface area contributed by atoms with E-state index < -0.39 is 5.92 Å². The maximum atomic E-state index is 9.91. The number of fused-ring (bicyclic) bond motifs is 1. The number of benzene rings is 2. The SMILES string of the molecule is CCOc1cc([C@@H]2C(C#N)=C(N)Oc3n[nH]c(-c4ccccc4)c32)ccc1OC(C)C. The molecule has 0 unspecified atom stereocenters. The van der Waals surface area contributed by atoms with Crippen LogP contribution in [0.3, 0.4) is 0 Å². The number of aromatic amines is 1. The van der Waals surface area contributed by atoms with Gasteiger partial charge in [-0.15, -0.1) is 5.10 Å². The van der Waals surface area contributed by atoms with E-state index in [-0.39, 0.29) is 12.0 Å². The van der Waals surface area contributed by atoms with Crippen molar-refractivity contribution in [3.8, 4) is 34.7 Å². The summed E-state index contributed by atoms with van der Waals surface area (Å²) in [6.07, 6.45) is 0.00325. The Labute approximate surface area is 181 Å². The molecule has 0 spiro atoms. The molecular weight excluding hydrogens is 392 g/mol. The van der Waals surface area contributed by atoms with E-state index in [9.17, 15) is 5.26 Å². The van der Waals surface area contributed by atoms with Crippen molar-refractivity contribution in [3.05, 3.63) is 71.1 Å². The Morgan fingerprint density at radius 1 is 1.19 bits per heavy atom. The molecule has 1 aromatic heterocycles. The van der Waals surface area contributed by atoms with Crippen molar-refractivity contribution in [2.24, 2.45) is 5.73 Å². The third-order valence-corrected chi connectivity index (χ3v) is 4.96. The smallest absolute Gasteiger partial charge is 0.244 e. The average Bonchev–Trinajstić information content (AvgIpc) is 3.18. The van der Waals surface area contributed by atoms with Crippen LogP contribution in [0.25, 0.3) is 11.3 Å². The Kier molecular flexibility index (Phi) is 5.54. The Balaban J connectivity index is 1.89. The summed E-state index contributed by atoms with van der Waals surface area (Å²) in [5.74, 6) is 1.21. The Morgan fingerprint density at radius 2 is 1.97 bits per heavy atom. The van der Waals surface area contributed by atoms with Crippen LogP contribution in [-0.2, 0) is 0 Å². The molecule has 4 rings (SSSR count). The molecule has 7 nitrogen and oxygen atoms in total. The summed E-state index contributed by atoms with van der Waals surface area (Å²) in [7, 11) is 0. The van der Waals surface area contributed by atoms with Gasteiger partial charge in [0.2, 0.25) is 11.8 Å². The number of nitrogens with one attached hydrogen (secondary N) is 1. The maximum absolute atomic E-state index is 9.91. The van der Waals surface area contributed by atoms with Crippen LogP contribution < -0.4 is 19.9 Å². The summed E-state index contributed by atoms with van der Waals surface area (Å²) in [5.41, 5.74) is 9.74. The predicted octanol–water partition coefficient (Wildman–Crippen LogP) is 4.48. The fraction of sp³-hybridized carbons (Fsp3) is 0.250. The number of hydrogen-bond donors (Lipinski definition) is 2. The zero-order valence-electron chi connectivity index (χ0n) is 17.7. The number of nitriles is 1. The molecule has 0 radical (unpaired) electrons. The number of nitrogens with two attached hydrogens (primary N) is 1.